The molecule has 0 saturated heterocycles. The van der Waals surface area contributed by atoms with Gasteiger partial charge in [0.2, 0.25) is 0 Å². The van der Waals surface area contributed by atoms with Crippen molar-refractivity contribution in [1.29, 1.82) is 0 Å². The average Bonchev–Trinajstić information content (AvgIpc) is 2.21. The molecule has 0 radical (unpaired) electrons. The standard InChI is InChI=1S/C12H17N3/c1-6-12(7-8-13-5)15-11(4)14-9-10(2)3/h6-9,15H,2,4-5H2,1,3H3/b8-7-,12-6+,14-9-. The van der Waals surface area contributed by atoms with Gasteiger partial charge in [0.1, 0.15) is 5.82 Å². The Morgan fingerprint density at radius 2 is 2.00 bits per heavy atom. The molecule has 3 nitrogen and oxygen atoms in total. The maximum Gasteiger partial charge on any atom is 0.122 e. The Morgan fingerprint density at radius 3 is 2.47 bits per heavy atom. The summed E-state index contributed by atoms with van der Waals surface area (Å²) < 4.78 is 0. The third-order valence-electron chi connectivity index (χ3n) is 1.40. The number of nitrogens with zero attached hydrogens (tertiary/aromatic N) is 2. The molecular formula is C12H17N3. The second-order valence-electron chi connectivity index (χ2n) is 2.92. The van der Waals surface area contributed by atoms with Gasteiger partial charge in [0.05, 0.1) is 0 Å². The van der Waals surface area contributed by atoms with Gasteiger partial charge in [-0.15, -0.1) is 0 Å². The highest BCUT2D eigenvalue weighted by molar-refractivity contribution is 5.77. The van der Waals surface area contributed by atoms with Crippen molar-refractivity contribution < 1.29 is 0 Å². The van der Waals surface area contributed by atoms with Crippen molar-refractivity contribution in [2.75, 3.05) is 0 Å². The zero-order valence-electron chi connectivity index (χ0n) is 9.33. The van der Waals surface area contributed by atoms with Crippen molar-refractivity contribution in [3.63, 3.8) is 0 Å². The zero-order valence-corrected chi connectivity index (χ0v) is 9.33. The molecule has 0 aliphatic heterocycles. The van der Waals surface area contributed by atoms with Crippen LogP contribution in [0.25, 0.3) is 0 Å². The van der Waals surface area contributed by atoms with Gasteiger partial charge < -0.3 is 5.32 Å². The topological polar surface area (TPSA) is 36.8 Å². The minimum Gasteiger partial charge on any atom is -0.341 e. The highest BCUT2D eigenvalue weighted by atomic mass is 15.0. The number of aliphatic imine (C=N–C) groups is 2. The third kappa shape index (κ3) is 7.19. The van der Waals surface area contributed by atoms with E-state index in [0.717, 1.165) is 11.3 Å². The normalized spacial score (nSPS) is 12.0. The van der Waals surface area contributed by atoms with Crippen LogP contribution in [-0.4, -0.2) is 12.9 Å². The molecule has 80 valence electrons. The van der Waals surface area contributed by atoms with Crippen LogP contribution in [0.15, 0.2) is 58.6 Å². The van der Waals surface area contributed by atoms with Crippen molar-refractivity contribution in [2.24, 2.45) is 9.98 Å². The lowest BCUT2D eigenvalue weighted by atomic mass is 10.4. The molecule has 0 fully saturated rings. The van der Waals surface area contributed by atoms with Crippen LogP contribution in [0, 0.1) is 0 Å². The fraction of sp³-hybridized carbons (Fsp3) is 0.167. The first-order valence-corrected chi connectivity index (χ1v) is 4.54. The predicted molar refractivity (Wildman–Crippen MR) is 68.0 cm³/mol. The molecule has 0 aromatic heterocycles. The largest absolute Gasteiger partial charge is 0.341 e. The van der Waals surface area contributed by atoms with E-state index in [-0.39, 0.29) is 0 Å². The van der Waals surface area contributed by atoms with Crippen LogP contribution < -0.4 is 5.32 Å². The summed E-state index contributed by atoms with van der Waals surface area (Å²) in [5, 5.41) is 3.01. The van der Waals surface area contributed by atoms with Crippen molar-refractivity contribution in [3.8, 4) is 0 Å². The molecule has 0 aliphatic carbocycles. The summed E-state index contributed by atoms with van der Waals surface area (Å²) in [4.78, 5) is 7.68. The molecule has 0 bridgehead atoms. The molecule has 0 aromatic carbocycles. The molecule has 1 N–H and O–H groups in total. The van der Waals surface area contributed by atoms with E-state index in [9.17, 15) is 0 Å². The van der Waals surface area contributed by atoms with Gasteiger partial charge in [0.25, 0.3) is 0 Å². The lowest BCUT2D eigenvalue weighted by Crippen LogP contribution is -2.08. The number of nitrogens with one attached hydrogen (secondary N) is 1. The van der Waals surface area contributed by atoms with E-state index in [1.807, 2.05) is 19.9 Å². The summed E-state index contributed by atoms with van der Waals surface area (Å²) in [5.41, 5.74) is 1.74. The molecule has 3 heteroatoms. The second kappa shape index (κ2) is 7.50. The maximum absolute atomic E-state index is 4.07. The molecule has 15 heavy (non-hydrogen) atoms. The van der Waals surface area contributed by atoms with Gasteiger partial charge in [0.15, 0.2) is 0 Å². The van der Waals surface area contributed by atoms with E-state index >= 15 is 0 Å². The fourth-order valence-electron chi connectivity index (χ4n) is 0.730. The van der Waals surface area contributed by atoms with E-state index in [4.69, 9.17) is 0 Å². The van der Waals surface area contributed by atoms with Gasteiger partial charge in [0, 0.05) is 18.1 Å². The first-order chi connectivity index (χ1) is 7.10. The maximum atomic E-state index is 4.07. The number of rotatable bonds is 6. The monoisotopic (exact) mass is 203 g/mol. The van der Waals surface area contributed by atoms with Crippen molar-refractivity contribution in [1.82, 2.24) is 5.32 Å². The Kier molecular flexibility index (Phi) is 6.55. The molecule has 0 atom stereocenters. The zero-order chi connectivity index (χ0) is 11.7. The minimum absolute atomic E-state index is 0.555. The van der Waals surface area contributed by atoms with Crippen molar-refractivity contribution >= 4 is 12.9 Å². The Morgan fingerprint density at radius 1 is 1.33 bits per heavy atom. The Bertz CT molecular complexity index is 333. The molecule has 0 rings (SSSR count). The molecule has 0 unspecified atom stereocenters. The quantitative estimate of drug-likeness (QED) is 0.523. The SMILES string of the molecule is C=N/C=C\C(=C/C)NC(=C)/N=C\C(=C)C. The smallest absolute Gasteiger partial charge is 0.122 e. The first-order valence-electron chi connectivity index (χ1n) is 4.54. The van der Waals surface area contributed by atoms with Gasteiger partial charge in [-0.25, -0.2) is 4.99 Å². The van der Waals surface area contributed by atoms with E-state index in [0.29, 0.717) is 5.82 Å². The summed E-state index contributed by atoms with van der Waals surface area (Å²) in [6.07, 6.45) is 6.92. The van der Waals surface area contributed by atoms with Crippen LogP contribution in [0.1, 0.15) is 13.8 Å². The van der Waals surface area contributed by atoms with E-state index in [1.54, 1.807) is 18.5 Å². The third-order valence-corrected chi connectivity index (χ3v) is 1.40. The summed E-state index contributed by atoms with van der Waals surface area (Å²) in [5.74, 6) is 0.555. The van der Waals surface area contributed by atoms with Gasteiger partial charge in [-0.1, -0.05) is 19.2 Å². The van der Waals surface area contributed by atoms with Gasteiger partial charge in [-0.3, -0.25) is 4.99 Å². The van der Waals surface area contributed by atoms with Crippen LogP contribution in [0.5, 0.6) is 0 Å². The summed E-state index contributed by atoms with van der Waals surface area (Å²) >= 11 is 0. The lowest BCUT2D eigenvalue weighted by Gasteiger charge is -2.04. The Balaban J connectivity index is 4.32. The Hall–Kier alpha value is -1.90. The molecule has 0 aromatic rings. The van der Waals surface area contributed by atoms with E-state index < -0.39 is 0 Å². The van der Waals surface area contributed by atoms with Gasteiger partial charge in [-0.2, -0.15) is 0 Å². The van der Waals surface area contributed by atoms with E-state index in [2.05, 4.69) is 35.2 Å². The van der Waals surface area contributed by atoms with Gasteiger partial charge in [-0.05, 0) is 32.2 Å². The van der Waals surface area contributed by atoms with Gasteiger partial charge >= 0.3 is 0 Å². The first kappa shape index (κ1) is 13.1. The predicted octanol–water partition coefficient (Wildman–Crippen LogP) is 2.81. The number of allylic oxidation sites excluding steroid dienone is 3. The van der Waals surface area contributed by atoms with E-state index in [1.165, 1.54) is 0 Å². The second-order valence-corrected chi connectivity index (χ2v) is 2.92. The molecule has 0 saturated carbocycles. The fourth-order valence-corrected chi connectivity index (χ4v) is 0.730. The molecular weight excluding hydrogens is 186 g/mol. The molecule has 0 aliphatic rings. The van der Waals surface area contributed by atoms with Crippen molar-refractivity contribution in [2.45, 2.75) is 13.8 Å². The van der Waals surface area contributed by atoms with Crippen molar-refractivity contribution in [3.05, 3.63) is 48.6 Å². The number of hydrogen-bond donors (Lipinski definition) is 1. The number of hydrogen-bond acceptors (Lipinski definition) is 3. The van der Waals surface area contributed by atoms with Crippen LogP contribution in [0.4, 0.5) is 0 Å². The lowest BCUT2D eigenvalue weighted by molar-refractivity contribution is 0.984. The highest BCUT2D eigenvalue weighted by Gasteiger charge is 1.91. The van der Waals surface area contributed by atoms with Crippen LogP contribution in [-0.2, 0) is 0 Å². The molecule has 0 heterocycles. The summed E-state index contributed by atoms with van der Waals surface area (Å²) in [6.45, 7) is 14.6. The summed E-state index contributed by atoms with van der Waals surface area (Å²) in [7, 11) is 0. The van der Waals surface area contributed by atoms with Crippen LogP contribution >= 0.6 is 0 Å². The molecule has 0 amide bonds. The average molecular weight is 203 g/mol. The molecule has 0 spiro atoms. The van der Waals surface area contributed by atoms with Crippen LogP contribution in [0.2, 0.25) is 0 Å². The Labute approximate surface area is 91.3 Å². The minimum atomic E-state index is 0.555. The highest BCUT2D eigenvalue weighted by Crippen LogP contribution is 1.98. The van der Waals surface area contributed by atoms with Crippen LogP contribution in [0.3, 0.4) is 0 Å². The summed E-state index contributed by atoms with van der Waals surface area (Å²) in [6, 6.07) is 0.